The van der Waals surface area contributed by atoms with Crippen molar-refractivity contribution < 1.29 is 0 Å². The minimum Gasteiger partial charge on any atom is -0.361 e. The summed E-state index contributed by atoms with van der Waals surface area (Å²) in [4.78, 5) is 30.3. The minimum atomic E-state index is 0.0179. The quantitative estimate of drug-likeness (QED) is 0.121. The number of H-pyrrole nitrogens is 4. The van der Waals surface area contributed by atoms with E-state index >= 15 is 0 Å². The number of nitrogens with one attached hydrogen (secondary N) is 4. The van der Waals surface area contributed by atoms with Crippen LogP contribution in [0.2, 0.25) is 0 Å². The zero-order chi connectivity index (χ0) is 92.1. The number of hydrogen-bond acceptors (Lipinski definition) is 4. The summed E-state index contributed by atoms with van der Waals surface area (Å²) in [6.45, 7) is 85.1. The van der Waals surface area contributed by atoms with Crippen LogP contribution < -0.4 is 0 Å². The SMILES string of the molecule is CC.CC.CC.CC.CC.CC.CC.CC.CC(C)(C)c1ccc2[nH]ccc2c1.CC(C)(C)c1ccc2ccccc2c1.CC(C)(C)c1cccc2[nH]ccc12.CC(C)(C)c1cccc2cc[nH]c12.CC(C)(C)c1cccc2ccccc12.CC(C)(C)c1cccc2cccnc12.CC(C)(C)c1ncc2ccccc2n1.CC(C)(C)c1ncc[nH]1. The van der Waals surface area contributed by atoms with Gasteiger partial charge in [0.05, 0.1) is 11.0 Å². The lowest BCUT2D eigenvalue weighted by Crippen LogP contribution is -2.15. The Morgan fingerprint density at radius 1 is 0.233 bits per heavy atom. The van der Waals surface area contributed by atoms with Crippen molar-refractivity contribution in [2.75, 3.05) is 0 Å². The Kier molecular flexibility index (Phi) is 49.2. The maximum atomic E-state index is 4.54. The number of para-hydroxylation sites is 3. The number of rotatable bonds is 0. The van der Waals surface area contributed by atoms with Crippen LogP contribution in [0.4, 0.5) is 0 Å². The number of pyridine rings is 1. The number of aromatic nitrogens is 8. The van der Waals surface area contributed by atoms with E-state index in [4.69, 9.17) is 0 Å². The molecule has 0 saturated carbocycles. The molecule has 15 aromatic rings. The number of benzene rings is 9. The molecule has 8 heteroatoms. The summed E-state index contributed by atoms with van der Waals surface area (Å²) < 4.78 is 0. The topological polar surface area (TPSA) is 115 Å². The van der Waals surface area contributed by atoms with Gasteiger partial charge in [0.1, 0.15) is 11.6 Å². The standard InChI is InChI=1S/2C14H16.C13H15N.C12H14N2.3C12H15N.C7H12N2.8C2H6/c1-14(2,3)13-10-6-8-11-7-4-5-9-12(11)13;1-14(2,3)13-9-8-11-6-4-5-7-12(11)10-13;1-13(2,3)11-8-4-6-10-7-5-9-14-12(10)11;1-12(2,3)11-13-8-9-6-4-5-7-10(9)14-11;1-12(2,3)10-4-5-11-9(8-10)6-7-13-11;1-12(2,3)10-5-4-6-11-9(10)7-8-13-11;1-12(2,3)10-6-4-5-9-7-8-13-11(9)10;1-7(2,3)6-8-4-5-9-6;8*1-2/h2*4-10H,1-3H3;4-9H,1-3H3;4-8H,1-3H3;3*4-8,13H,1-3H3;4-5H,1-3H3,(H,8,9);8*1-2H3. The first-order valence-corrected chi connectivity index (χ1v) is 44.9. The molecule has 4 N–H and O–H groups in total. The molecule has 0 saturated heterocycles. The van der Waals surface area contributed by atoms with Gasteiger partial charge in [0.15, 0.2) is 0 Å². The zero-order valence-electron chi connectivity index (χ0n) is 83.0. The fraction of sp³-hybridized carbons (Fsp3) is 0.429. The van der Waals surface area contributed by atoms with Crippen LogP contribution in [-0.4, -0.2) is 39.9 Å². The van der Waals surface area contributed by atoms with Crippen LogP contribution in [-0.2, 0) is 43.3 Å². The maximum Gasteiger partial charge on any atom is 0.134 e. The van der Waals surface area contributed by atoms with Gasteiger partial charge in [-0.2, -0.15) is 0 Å². The number of aromatic amines is 4. The van der Waals surface area contributed by atoms with Gasteiger partial charge in [-0.25, -0.2) is 15.0 Å². The van der Waals surface area contributed by atoms with Crippen molar-refractivity contribution in [1.82, 2.24) is 39.9 Å². The van der Waals surface area contributed by atoms with Crippen LogP contribution in [0, 0.1) is 0 Å². The molecule has 0 aliphatic carbocycles. The highest BCUT2D eigenvalue weighted by Crippen LogP contribution is 2.34. The normalized spacial score (nSPS) is 10.8. The first-order valence-electron chi connectivity index (χ1n) is 44.9. The lowest BCUT2D eigenvalue weighted by atomic mass is 9.84. The lowest BCUT2D eigenvalue weighted by molar-refractivity contribution is 0.548. The van der Waals surface area contributed by atoms with Crippen molar-refractivity contribution in [3.8, 4) is 0 Å². The molecule has 8 nitrogen and oxygen atoms in total. The van der Waals surface area contributed by atoms with Crippen LogP contribution in [0.25, 0.3) is 76.1 Å². The molecule has 9 aromatic carbocycles. The van der Waals surface area contributed by atoms with Gasteiger partial charge in [0.2, 0.25) is 0 Å². The molecule has 6 heterocycles. The molecule has 0 aliphatic rings. The van der Waals surface area contributed by atoms with Gasteiger partial charge in [0.25, 0.3) is 0 Å². The average Bonchev–Trinajstić information content (AvgIpc) is 1.02. The molecule has 0 spiro atoms. The second-order valence-electron chi connectivity index (χ2n) is 35.4. The molecular formula is C112H166N8. The maximum absolute atomic E-state index is 4.54. The third-order valence-corrected chi connectivity index (χ3v) is 18.2. The highest BCUT2D eigenvalue weighted by molar-refractivity contribution is 5.88. The molecule has 0 unspecified atom stereocenters. The number of nitrogens with zero attached hydrogens (tertiary/aromatic N) is 4. The molecule has 0 amide bonds. The van der Waals surface area contributed by atoms with Crippen molar-refractivity contribution in [2.24, 2.45) is 0 Å². The molecule has 15 rings (SSSR count). The summed E-state index contributed by atoms with van der Waals surface area (Å²) in [5.74, 6) is 1.94. The van der Waals surface area contributed by atoms with Crippen LogP contribution in [0.5, 0.6) is 0 Å². The monoisotopic (exact) mass is 1620 g/mol. The van der Waals surface area contributed by atoms with Gasteiger partial charge in [0, 0.05) is 86.9 Å². The molecule has 0 fully saturated rings. The summed E-state index contributed by atoms with van der Waals surface area (Å²) in [6, 6.07) is 74.7. The van der Waals surface area contributed by atoms with Crippen molar-refractivity contribution >= 4 is 76.1 Å². The predicted molar refractivity (Wildman–Crippen MR) is 543 cm³/mol. The van der Waals surface area contributed by atoms with E-state index in [9.17, 15) is 0 Å². The van der Waals surface area contributed by atoms with Crippen molar-refractivity contribution in [1.29, 1.82) is 0 Å². The fourth-order valence-electron chi connectivity index (χ4n) is 12.2. The molecule has 0 aliphatic heterocycles. The van der Waals surface area contributed by atoms with Gasteiger partial charge in [-0.05, 0) is 147 Å². The average molecular weight is 1620 g/mol. The van der Waals surface area contributed by atoms with E-state index in [1.54, 1.807) is 6.20 Å². The lowest BCUT2D eigenvalue weighted by Gasteiger charge is -2.21. The van der Waals surface area contributed by atoms with Gasteiger partial charge in [-0.15, -0.1) is 0 Å². The Morgan fingerprint density at radius 2 is 0.650 bits per heavy atom. The predicted octanol–water partition coefficient (Wildman–Crippen LogP) is 35.0. The Labute approximate surface area is 732 Å². The van der Waals surface area contributed by atoms with Crippen LogP contribution in [0.1, 0.15) is 322 Å². The first-order chi connectivity index (χ1) is 56.7. The molecule has 654 valence electrons. The molecule has 0 atom stereocenters. The van der Waals surface area contributed by atoms with Gasteiger partial charge >= 0.3 is 0 Å². The van der Waals surface area contributed by atoms with Crippen molar-refractivity contribution in [3.05, 3.63) is 301 Å². The zero-order valence-corrected chi connectivity index (χ0v) is 83.0. The number of imidazole rings is 1. The molecular weight excluding hydrogens is 1460 g/mol. The Hall–Kier alpha value is -9.92. The van der Waals surface area contributed by atoms with Gasteiger partial charge < -0.3 is 19.9 Å². The summed E-state index contributed by atoms with van der Waals surface area (Å²) in [5, 5.41) is 11.6. The highest BCUT2D eigenvalue weighted by Gasteiger charge is 2.22. The first kappa shape index (κ1) is 110. The molecule has 0 radical (unpaired) electrons. The Bertz CT molecular complexity index is 4890. The van der Waals surface area contributed by atoms with Gasteiger partial charge in [-0.3, -0.25) is 4.98 Å². The smallest absolute Gasteiger partial charge is 0.134 e. The van der Waals surface area contributed by atoms with E-state index in [-0.39, 0.29) is 43.3 Å². The Morgan fingerprint density at radius 3 is 1.17 bits per heavy atom. The van der Waals surface area contributed by atoms with E-state index in [0.717, 1.165) is 28.1 Å². The highest BCUT2D eigenvalue weighted by atomic mass is 14.9. The summed E-state index contributed by atoms with van der Waals surface area (Å²) in [7, 11) is 0. The molecule has 6 aromatic heterocycles. The van der Waals surface area contributed by atoms with E-state index in [0.29, 0.717) is 0 Å². The summed E-state index contributed by atoms with van der Waals surface area (Å²) in [6.07, 6.45) is 13.4. The van der Waals surface area contributed by atoms with E-state index in [2.05, 4.69) is 388 Å². The summed E-state index contributed by atoms with van der Waals surface area (Å²) >= 11 is 0. The second kappa shape index (κ2) is 53.7. The van der Waals surface area contributed by atoms with E-state index < -0.39 is 0 Å². The van der Waals surface area contributed by atoms with Gasteiger partial charge in [-0.1, -0.05) is 441 Å². The van der Waals surface area contributed by atoms with Crippen molar-refractivity contribution in [2.45, 2.75) is 320 Å². The van der Waals surface area contributed by atoms with E-state index in [1.807, 2.05) is 178 Å². The molecule has 120 heavy (non-hydrogen) atoms. The third-order valence-electron chi connectivity index (χ3n) is 18.2. The largest absolute Gasteiger partial charge is 0.361 e. The van der Waals surface area contributed by atoms with Crippen LogP contribution >= 0.6 is 0 Å². The van der Waals surface area contributed by atoms with Crippen molar-refractivity contribution in [3.63, 3.8) is 0 Å². The molecule has 0 bridgehead atoms. The third kappa shape index (κ3) is 35.8. The van der Waals surface area contributed by atoms with Crippen LogP contribution in [0.3, 0.4) is 0 Å². The van der Waals surface area contributed by atoms with Crippen LogP contribution in [0.15, 0.2) is 256 Å². The second-order valence-corrected chi connectivity index (χ2v) is 35.4. The number of fused-ring (bicyclic) bond motifs is 7. The fourth-order valence-corrected chi connectivity index (χ4v) is 12.2. The van der Waals surface area contributed by atoms with E-state index in [1.165, 1.54) is 93.0 Å². The number of hydrogen-bond donors (Lipinski definition) is 4. The Balaban J connectivity index is 0.00000132. The summed E-state index contributed by atoms with van der Waals surface area (Å²) in [5.41, 5.74) is 15.7. The minimum absolute atomic E-state index is 0.0179.